The Balaban J connectivity index is 2.35. The zero-order valence-corrected chi connectivity index (χ0v) is 8.63. The van der Waals surface area contributed by atoms with E-state index < -0.39 is 0 Å². The maximum atomic E-state index is 5.91. The molecule has 2 N–H and O–H groups in total. The van der Waals surface area contributed by atoms with Gasteiger partial charge in [0.2, 0.25) is 0 Å². The third kappa shape index (κ3) is 3.74. The molecule has 1 unspecified atom stereocenters. The highest BCUT2D eigenvalue weighted by molar-refractivity contribution is 7.99. The molecule has 1 atom stereocenters. The van der Waals surface area contributed by atoms with Crippen LogP contribution in [0.25, 0.3) is 0 Å². The van der Waals surface area contributed by atoms with Crippen molar-refractivity contribution in [3.8, 4) is 0 Å². The standard InChI is InChI=1S/C9H15N3S/c1-2-5-13-7-8(10)9-6-11-3-4-12-9/h3-4,6,8H,2,5,7,10H2,1H3. The maximum absolute atomic E-state index is 5.91. The monoisotopic (exact) mass is 197 g/mol. The van der Waals surface area contributed by atoms with Gasteiger partial charge in [0, 0.05) is 24.3 Å². The van der Waals surface area contributed by atoms with E-state index in [2.05, 4.69) is 16.9 Å². The van der Waals surface area contributed by atoms with Gasteiger partial charge in [0.15, 0.2) is 0 Å². The number of nitrogens with two attached hydrogens (primary N) is 1. The van der Waals surface area contributed by atoms with Crippen LogP contribution in [0.3, 0.4) is 0 Å². The summed E-state index contributed by atoms with van der Waals surface area (Å²) in [7, 11) is 0. The molecule has 0 aliphatic carbocycles. The molecule has 0 radical (unpaired) electrons. The van der Waals surface area contributed by atoms with Crippen molar-refractivity contribution in [3.05, 3.63) is 24.3 Å². The summed E-state index contributed by atoms with van der Waals surface area (Å²) in [5.74, 6) is 2.08. The topological polar surface area (TPSA) is 51.8 Å². The van der Waals surface area contributed by atoms with Gasteiger partial charge in [-0.3, -0.25) is 9.97 Å². The summed E-state index contributed by atoms with van der Waals surface area (Å²) < 4.78 is 0. The third-order valence-electron chi connectivity index (χ3n) is 1.61. The molecule has 1 heterocycles. The number of nitrogens with zero attached hydrogens (tertiary/aromatic N) is 2. The Morgan fingerprint density at radius 3 is 3.00 bits per heavy atom. The Morgan fingerprint density at radius 2 is 2.38 bits per heavy atom. The van der Waals surface area contributed by atoms with E-state index in [-0.39, 0.29) is 6.04 Å². The highest BCUT2D eigenvalue weighted by Gasteiger charge is 2.06. The summed E-state index contributed by atoms with van der Waals surface area (Å²) in [4.78, 5) is 8.14. The van der Waals surface area contributed by atoms with E-state index >= 15 is 0 Å². The van der Waals surface area contributed by atoms with Crippen LogP contribution in [-0.2, 0) is 0 Å². The summed E-state index contributed by atoms with van der Waals surface area (Å²) in [6, 6.07) is 0.0187. The molecule has 72 valence electrons. The van der Waals surface area contributed by atoms with E-state index in [0.717, 1.165) is 17.2 Å². The van der Waals surface area contributed by atoms with Crippen molar-refractivity contribution in [2.45, 2.75) is 19.4 Å². The Kier molecular flexibility index (Phi) is 4.78. The van der Waals surface area contributed by atoms with Crippen molar-refractivity contribution in [1.82, 2.24) is 9.97 Å². The fraction of sp³-hybridized carbons (Fsp3) is 0.556. The van der Waals surface area contributed by atoms with Crippen LogP contribution in [0.1, 0.15) is 25.1 Å². The van der Waals surface area contributed by atoms with Crippen LogP contribution in [0.5, 0.6) is 0 Å². The predicted molar refractivity (Wildman–Crippen MR) is 56.6 cm³/mol. The van der Waals surface area contributed by atoms with Crippen LogP contribution in [-0.4, -0.2) is 21.5 Å². The van der Waals surface area contributed by atoms with Crippen LogP contribution in [0, 0.1) is 0 Å². The Hall–Kier alpha value is -0.610. The van der Waals surface area contributed by atoms with E-state index in [9.17, 15) is 0 Å². The second-order valence-electron chi connectivity index (χ2n) is 2.81. The molecule has 0 aliphatic rings. The molecule has 0 aromatic carbocycles. The van der Waals surface area contributed by atoms with E-state index in [1.54, 1.807) is 18.6 Å². The fourth-order valence-corrected chi connectivity index (χ4v) is 1.82. The van der Waals surface area contributed by atoms with Crippen molar-refractivity contribution in [1.29, 1.82) is 0 Å². The van der Waals surface area contributed by atoms with Gasteiger partial charge in [0.05, 0.1) is 11.7 Å². The Bertz CT molecular complexity index is 228. The average molecular weight is 197 g/mol. The first-order chi connectivity index (χ1) is 6.34. The first kappa shape index (κ1) is 10.5. The normalized spacial score (nSPS) is 12.8. The van der Waals surface area contributed by atoms with E-state index in [0.29, 0.717) is 0 Å². The third-order valence-corrected chi connectivity index (χ3v) is 2.90. The molecule has 1 rings (SSSR count). The first-order valence-corrected chi connectivity index (χ1v) is 5.59. The molecule has 1 aromatic heterocycles. The van der Waals surface area contributed by atoms with Crippen molar-refractivity contribution in [2.75, 3.05) is 11.5 Å². The SMILES string of the molecule is CCCSCC(N)c1cnccn1. The highest BCUT2D eigenvalue weighted by Crippen LogP contribution is 2.13. The van der Waals surface area contributed by atoms with Crippen molar-refractivity contribution < 1.29 is 0 Å². The van der Waals surface area contributed by atoms with Crippen LogP contribution in [0.4, 0.5) is 0 Å². The van der Waals surface area contributed by atoms with E-state index in [4.69, 9.17) is 5.73 Å². The molecule has 4 heteroatoms. The quantitative estimate of drug-likeness (QED) is 0.729. The molecule has 0 bridgehead atoms. The second-order valence-corrected chi connectivity index (χ2v) is 3.96. The molecule has 0 amide bonds. The van der Waals surface area contributed by atoms with Crippen molar-refractivity contribution >= 4 is 11.8 Å². The summed E-state index contributed by atoms with van der Waals surface area (Å²) in [6.45, 7) is 2.17. The zero-order chi connectivity index (χ0) is 9.52. The van der Waals surface area contributed by atoms with Gasteiger partial charge >= 0.3 is 0 Å². The van der Waals surface area contributed by atoms with Crippen LogP contribution < -0.4 is 5.73 Å². The summed E-state index contributed by atoms with van der Waals surface area (Å²) in [5, 5.41) is 0. The first-order valence-electron chi connectivity index (χ1n) is 4.43. The lowest BCUT2D eigenvalue weighted by molar-refractivity contribution is 0.783. The summed E-state index contributed by atoms with van der Waals surface area (Å²) >= 11 is 1.86. The van der Waals surface area contributed by atoms with Gasteiger partial charge in [-0.25, -0.2) is 0 Å². The molecule has 13 heavy (non-hydrogen) atoms. The van der Waals surface area contributed by atoms with Gasteiger partial charge in [-0.05, 0) is 12.2 Å². The van der Waals surface area contributed by atoms with Gasteiger partial charge in [0.1, 0.15) is 0 Å². The van der Waals surface area contributed by atoms with Gasteiger partial charge < -0.3 is 5.73 Å². The molecular formula is C9H15N3S. The van der Waals surface area contributed by atoms with Crippen LogP contribution in [0.15, 0.2) is 18.6 Å². The largest absolute Gasteiger partial charge is 0.322 e. The fourth-order valence-electron chi connectivity index (χ4n) is 0.942. The van der Waals surface area contributed by atoms with Crippen molar-refractivity contribution in [2.24, 2.45) is 5.73 Å². The average Bonchev–Trinajstić information content (AvgIpc) is 2.19. The number of aromatic nitrogens is 2. The lowest BCUT2D eigenvalue weighted by Crippen LogP contribution is -2.14. The maximum Gasteiger partial charge on any atom is 0.0762 e. The van der Waals surface area contributed by atoms with Gasteiger partial charge in [0.25, 0.3) is 0 Å². The summed E-state index contributed by atoms with van der Waals surface area (Å²) in [5.41, 5.74) is 6.79. The van der Waals surface area contributed by atoms with E-state index in [1.165, 1.54) is 6.42 Å². The number of thioether (sulfide) groups is 1. The number of hydrogen-bond donors (Lipinski definition) is 1. The summed E-state index contributed by atoms with van der Waals surface area (Å²) in [6.07, 6.45) is 6.27. The minimum Gasteiger partial charge on any atom is -0.322 e. The molecule has 0 saturated heterocycles. The lowest BCUT2D eigenvalue weighted by atomic mass is 10.3. The van der Waals surface area contributed by atoms with Crippen LogP contribution in [0.2, 0.25) is 0 Å². The molecular weight excluding hydrogens is 182 g/mol. The minimum absolute atomic E-state index is 0.0187. The molecule has 1 aromatic rings. The van der Waals surface area contributed by atoms with Crippen molar-refractivity contribution in [3.63, 3.8) is 0 Å². The smallest absolute Gasteiger partial charge is 0.0762 e. The number of hydrogen-bond acceptors (Lipinski definition) is 4. The lowest BCUT2D eigenvalue weighted by Gasteiger charge is -2.08. The Labute approximate surface area is 83.2 Å². The highest BCUT2D eigenvalue weighted by atomic mass is 32.2. The van der Waals surface area contributed by atoms with Gasteiger partial charge in [-0.15, -0.1) is 0 Å². The molecule has 0 aliphatic heterocycles. The predicted octanol–water partition coefficient (Wildman–Crippen LogP) is 1.62. The molecule has 0 fully saturated rings. The van der Waals surface area contributed by atoms with Gasteiger partial charge in [-0.1, -0.05) is 6.92 Å². The Morgan fingerprint density at radius 1 is 1.54 bits per heavy atom. The zero-order valence-electron chi connectivity index (χ0n) is 7.81. The number of rotatable bonds is 5. The molecule has 0 saturated carbocycles. The second kappa shape index (κ2) is 5.94. The molecule has 0 spiro atoms. The van der Waals surface area contributed by atoms with Crippen LogP contribution >= 0.6 is 11.8 Å². The molecule has 3 nitrogen and oxygen atoms in total. The van der Waals surface area contributed by atoms with E-state index in [1.807, 2.05) is 11.8 Å². The minimum atomic E-state index is 0.0187. The van der Waals surface area contributed by atoms with Gasteiger partial charge in [-0.2, -0.15) is 11.8 Å².